The molecule has 1 aliphatic rings. The average molecular weight is 385 g/mol. The van der Waals surface area contributed by atoms with Crippen molar-refractivity contribution in [3.05, 3.63) is 47.3 Å². The van der Waals surface area contributed by atoms with Crippen LogP contribution in [0.2, 0.25) is 0 Å². The van der Waals surface area contributed by atoms with Gasteiger partial charge in [0.15, 0.2) is 0 Å². The van der Waals surface area contributed by atoms with Crippen LogP contribution in [-0.4, -0.2) is 36.3 Å². The van der Waals surface area contributed by atoms with Crippen molar-refractivity contribution in [2.75, 3.05) is 19.6 Å². The standard InChI is InChI=1S/C22H28N2O2S/c1-3-7-20(25)24-12-11-22(16-24,21(26)23-4-2)15-17-8-5-9-18(14-17)19-10-6-13-27-19/h5-6,8-10,13-14H,3-4,7,11-12,15-16H2,1-2H3,(H,23,26)/t22-/m0/s1. The van der Waals surface area contributed by atoms with Crippen LogP contribution in [0.5, 0.6) is 0 Å². The predicted octanol–water partition coefficient (Wildman–Crippen LogP) is 4.11. The SMILES string of the molecule is CCCC(=O)N1CC[C@@](Cc2cccc(-c3cccs3)c2)(C(=O)NCC)C1. The topological polar surface area (TPSA) is 49.4 Å². The number of benzene rings is 1. The highest BCUT2D eigenvalue weighted by molar-refractivity contribution is 7.13. The van der Waals surface area contributed by atoms with Crippen LogP contribution in [0, 0.1) is 5.41 Å². The third kappa shape index (κ3) is 4.41. The van der Waals surface area contributed by atoms with Gasteiger partial charge < -0.3 is 10.2 Å². The summed E-state index contributed by atoms with van der Waals surface area (Å²) in [5.41, 5.74) is 1.80. The first-order valence-electron chi connectivity index (χ1n) is 9.77. The second-order valence-electron chi connectivity index (χ2n) is 7.31. The van der Waals surface area contributed by atoms with Crippen molar-refractivity contribution in [2.45, 2.75) is 39.5 Å². The Morgan fingerprint density at radius 2 is 2.07 bits per heavy atom. The lowest BCUT2D eigenvalue weighted by Crippen LogP contribution is -2.45. The number of hydrogen-bond donors (Lipinski definition) is 1. The molecule has 1 fully saturated rings. The first kappa shape index (κ1) is 19.6. The Morgan fingerprint density at radius 1 is 1.22 bits per heavy atom. The zero-order chi connectivity index (χ0) is 19.3. The van der Waals surface area contributed by atoms with Crippen LogP contribution in [0.25, 0.3) is 10.4 Å². The molecule has 4 nitrogen and oxygen atoms in total. The summed E-state index contributed by atoms with van der Waals surface area (Å²) in [4.78, 5) is 28.4. The summed E-state index contributed by atoms with van der Waals surface area (Å²) >= 11 is 1.72. The first-order chi connectivity index (χ1) is 13.1. The quantitative estimate of drug-likeness (QED) is 0.781. The van der Waals surface area contributed by atoms with Crippen molar-refractivity contribution < 1.29 is 9.59 Å². The summed E-state index contributed by atoms with van der Waals surface area (Å²) in [6.45, 7) is 5.75. The molecule has 1 aromatic carbocycles. The normalized spacial score (nSPS) is 19.3. The molecule has 2 aromatic rings. The zero-order valence-electron chi connectivity index (χ0n) is 16.2. The van der Waals surface area contributed by atoms with Crippen molar-refractivity contribution in [1.82, 2.24) is 10.2 Å². The first-order valence-corrected chi connectivity index (χ1v) is 10.6. The molecule has 5 heteroatoms. The number of carbonyl (C=O) groups is 2. The molecule has 144 valence electrons. The number of nitrogens with zero attached hydrogens (tertiary/aromatic N) is 1. The van der Waals surface area contributed by atoms with Gasteiger partial charge in [-0.3, -0.25) is 9.59 Å². The van der Waals surface area contributed by atoms with Crippen molar-refractivity contribution in [3.8, 4) is 10.4 Å². The molecule has 0 aliphatic carbocycles. The van der Waals surface area contributed by atoms with E-state index in [0.717, 1.165) is 18.4 Å². The van der Waals surface area contributed by atoms with Gasteiger partial charge in [0.1, 0.15) is 0 Å². The van der Waals surface area contributed by atoms with E-state index in [1.807, 2.05) is 18.7 Å². The number of hydrogen-bond acceptors (Lipinski definition) is 3. The Balaban J connectivity index is 1.84. The van der Waals surface area contributed by atoms with Crippen molar-refractivity contribution in [2.24, 2.45) is 5.41 Å². The molecule has 2 amide bonds. The van der Waals surface area contributed by atoms with Gasteiger partial charge in [0.05, 0.1) is 5.41 Å². The van der Waals surface area contributed by atoms with Crippen LogP contribution in [0.1, 0.15) is 38.7 Å². The maximum atomic E-state index is 13.0. The van der Waals surface area contributed by atoms with Gasteiger partial charge in [-0.2, -0.15) is 0 Å². The van der Waals surface area contributed by atoms with E-state index in [9.17, 15) is 9.59 Å². The number of carbonyl (C=O) groups excluding carboxylic acids is 2. The Kier molecular flexibility index (Phi) is 6.32. The summed E-state index contributed by atoms with van der Waals surface area (Å²) in [6.07, 6.45) is 2.77. The zero-order valence-corrected chi connectivity index (χ0v) is 17.0. The molecule has 0 radical (unpaired) electrons. The molecule has 0 saturated carbocycles. The van der Waals surface area contributed by atoms with E-state index in [4.69, 9.17) is 0 Å². The van der Waals surface area contributed by atoms with Crippen molar-refractivity contribution in [3.63, 3.8) is 0 Å². The Bertz CT molecular complexity index is 787. The van der Waals surface area contributed by atoms with E-state index in [1.54, 1.807) is 11.3 Å². The number of likely N-dealkylation sites (tertiary alicyclic amines) is 1. The lowest BCUT2D eigenvalue weighted by molar-refractivity contribution is -0.133. The van der Waals surface area contributed by atoms with E-state index in [1.165, 1.54) is 10.4 Å². The molecule has 1 aromatic heterocycles. The fraction of sp³-hybridized carbons (Fsp3) is 0.455. The molecule has 1 atom stereocenters. The molecule has 0 bridgehead atoms. The predicted molar refractivity (Wildman–Crippen MR) is 111 cm³/mol. The van der Waals surface area contributed by atoms with Gasteiger partial charge in [-0.05, 0) is 48.8 Å². The van der Waals surface area contributed by atoms with Gasteiger partial charge in [0, 0.05) is 30.9 Å². The average Bonchev–Trinajstić information content (AvgIpc) is 3.33. The van der Waals surface area contributed by atoms with Gasteiger partial charge in [-0.1, -0.05) is 37.3 Å². The summed E-state index contributed by atoms with van der Waals surface area (Å²) in [7, 11) is 0. The maximum absolute atomic E-state index is 13.0. The molecule has 2 heterocycles. The lowest BCUT2D eigenvalue weighted by Gasteiger charge is -2.28. The molecular formula is C22H28N2O2S. The number of thiophene rings is 1. The van der Waals surface area contributed by atoms with Gasteiger partial charge in [0.25, 0.3) is 0 Å². The van der Waals surface area contributed by atoms with Crippen LogP contribution < -0.4 is 5.32 Å². The fourth-order valence-electron chi connectivity index (χ4n) is 3.88. The van der Waals surface area contributed by atoms with Crippen LogP contribution in [0.4, 0.5) is 0 Å². The maximum Gasteiger partial charge on any atom is 0.228 e. The number of rotatable bonds is 7. The third-order valence-corrected chi connectivity index (χ3v) is 6.18. The van der Waals surface area contributed by atoms with Gasteiger partial charge in [0.2, 0.25) is 11.8 Å². The summed E-state index contributed by atoms with van der Waals surface area (Å²) in [5, 5.41) is 5.08. The molecule has 0 unspecified atom stereocenters. The van der Waals surface area contributed by atoms with Gasteiger partial charge in [-0.25, -0.2) is 0 Å². The van der Waals surface area contributed by atoms with Gasteiger partial charge >= 0.3 is 0 Å². The Morgan fingerprint density at radius 3 is 2.78 bits per heavy atom. The monoisotopic (exact) mass is 384 g/mol. The van der Waals surface area contributed by atoms with E-state index in [-0.39, 0.29) is 11.8 Å². The van der Waals surface area contributed by atoms with Crippen molar-refractivity contribution >= 4 is 23.2 Å². The smallest absolute Gasteiger partial charge is 0.228 e. The molecular weight excluding hydrogens is 356 g/mol. The Labute approximate surface area is 165 Å². The number of nitrogens with one attached hydrogen (secondary N) is 1. The summed E-state index contributed by atoms with van der Waals surface area (Å²) in [6, 6.07) is 12.6. The van der Waals surface area contributed by atoms with Crippen LogP contribution >= 0.6 is 11.3 Å². The highest BCUT2D eigenvalue weighted by Crippen LogP contribution is 2.36. The fourth-order valence-corrected chi connectivity index (χ4v) is 4.61. The molecule has 1 saturated heterocycles. The largest absolute Gasteiger partial charge is 0.356 e. The van der Waals surface area contributed by atoms with Crippen LogP contribution in [0.3, 0.4) is 0 Å². The molecule has 1 aliphatic heterocycles. The third-order valence-electron chi connectivity index (χ3n) is 5.26. The molecule has 0 spiro atoms. The van der Waals surface area contributed by atoms with E-state index >= 15 is 0 Å². The highest BCUT2D eigenvalue weighted by Gasteiger charge is 2.45. The minimum atomic E-state index is -0.534. The van der Waals surface area contributed by atoms with E-state index in [0.29, 0.717) is 32.5 Å². The van der Waals surface area contributed by atoms with E-state index < -0.39 is 5.41 Å². The molecule has 27 heavy (non-hydrogen) atoms. The minimum absolute atomic E-state index is 0.0679. The van der Waals surface area contributed by atoms with Crippen LogP contribution in [-0.2, 0) is 16.0 Å². The van der Waals surface area contributed by atoms with Crippen molar-refractivity contribution in [1.29, 1.82) is 0 Å². The lowest BCUT2D eigenvalue weighted by atomic mass is 9.79. The van der Waals surface area contributed by atoms with Gasteiger partial charge in [-0.15, -0.1) is 11.3 Å². The Hall–Kier alpha value is -2.14. The summed E-state index contributed by atoms with van der Waals surface area (Å²) in [5.74, 6) is 0.231. The summed E-state index contributed by atoms with van der Waals surface area (Å²) < 4.78 is 0. The number of amides is 2. The van der Waals surface area contributed by atoms with E-state index in [2.05, 4.69) is 47.1 Å². The highest BCUT2D eigenvalue weighted by atomic mass is 32.1. The van der Waals surface area contributed by atoms with Crippen LogP contribution in [0.15, 0.2) is 41.8 Å². The molecule has 1 N–H and O–H groups in total. The minimum Gasteiger partial charge on any atom is -0.356 e. The second-order valence-corrected chi connectivity index (χ2v) is 8.26. The molecule has 3 rings (SSSR count). The second kappa shape index (κ2) is 8.70.